The Morgan fingerprint density at radius 2 is 1.67 bits per heavy atom. The van der Waals surface area contributed by atoms with E-state index in [4.69, 9.17) is 22.8 Å². The zero-order valence-corrected chi connectivity index (χ0v) is 13.2. The van der Waals surface area contributed by atoms with Crippen molar-refractivity contribution < 1.29 is 22.8 Å². The standard InChI is InChI=1S/C12H26O5Si/c1-12(9-17-10-12)11(13-2)7-6-8-18(14-3,15-4)16-5/h11H,6-10H2,1-5H3. The van der Waals surface area contributed by atoms with Crippen LogP contribution in [0.3, 0.4) is 0 Å². The highest BCUT2D eigenvalue weighted by Gasteiger charge is 2.43. The molecule has 0 radical (unpaired) electrons. The third kappa shape index (κ3) is 3.52. The Morgan fingerprint density at radius 1 is 1.11 bits per heavy atom. The van der Waals surface area contributed by atoms with Gasteiger partial charge >= 0.3 is 8.80 Å². The van der Waals surface area contributed by atoms with Crippen molar-refractivity contribution in [1.29, 1.82) is 0 Å². The molecular formula is C12H26O5Si. The smallest absolute Gasteiger partial charge is 0.381 e. The minimum absolute atomic E-state index is 0.159. The molecule has 6 heteroatoms. The normalized spacial score (nSPS) is 20.5. The summed E-state index contributed by atoms with van der Waals surface area (Å²) in [6.07, 6.45) is 2.17. The van der Waals surface area contributed by atoms with Crippen molar-refractivity contribution in [1.82, 2.24) is 0 Å². The van der Waals surface area contributed by atoms with Crippen LogP contribution in [0.4, 0.5) is 0 Å². The van der Waals surface area contributed by atoms with E-state index in [2.05, 4.69) is 6.92 Å². The Balaban J connectivity index is 2.39. The topological polar surface area (TPSA) is 46.2 Å². The zero-order chi connectivity index (χ0) is 13.6. The molecule has 1 fully saturated rings. The Morgan fingerprint density at radius 3 is 2.00 bits per heavy atom. The second-order valence-electron chi connectivity index (χ2n) is 5.06. The fourth-order valence-electron chi connectivity index (χ4n) is 2.42. The van der Waals surface area contributed by atoms with Gasteiger partial charge in [0.05, 0.1) is 19.3 Å². The molecule has 0 aromatic heterocycles. The van der Waals surface area contributed by atoms with Crippen molar-refractivity contribution >= 4 is 8.80 Å². The average Bonchev–Trinajstić information content (AvgIpc) is 2.37. The molecule has 1 saturated heterocycles. The van der Waals surface area contributed by atoms with Crippen LogP contribution in [0.15, 0.2) is 0 Å². The molecule has 1 heterocycles. The van der Waals surface area contributed by atoms with Gasteiger partial charge in [-0.05, 0) is 12.8 Å². The van der Waals surface area contributed by atoms with Crippen LogP contribution < -0.4 is 0 Å². The summed E-state index contributed by atoms with van der Waals surface area (Å²) < 4.78 is 27.1. The van der Waals surface area contributed by atoms with Crippen LogP contribution in [-0.4, -0.2) is 56.6 Å². The number of methoxy groups -OCH3 is 1. The molecule has 0 amide bonds. The van der Waals surface area contributed by atoms with Crippen LogP contribution in [0.25, 0.3) is 0 Å². The van der Waals surface area contributed by atoms with E-state index in [0.29, 0.717) is 0 Å². The Hall–Kier alpha value is 0.0169. The minimum atomic E-state index is -2.44. The van der Waals surface area contributed by atoms with E-state index in [1.807, 2.05) is 0 Å². The lowest BCUT2D eigenvalue weighted by Gasteiger charge is -2.43. The van der Waals surface area contributed by atoms with Gasteiger partial charge in [-0.1, -0.05) is 6.92 Å². The molecule has 1 aliphatic heterocycles. The molecule has 18 heavy (non-hydrogen) atoms. The van der Waals surface area contributed by atoms with E-state index in [0.717, 1.165) is 32.1 Å². The SMILES string of the molecule is COC(CCC[Si](OC)(OC)OC)C1(C)COC1. The lowest BCUT2D eigenvalue weighted by molar-refractivity contribution is -0.171. The maximum atomic E-state index is 5.59. The predicted molar refractivity (Wildman–Crippen MR) is 70.5 cm³/mol. The van der Waals surface area contributed by atoms with E-state index >= 15 is 0 Å². The van der Waals surface area contributed by atoms with Crippen molar-refractivity contribution in [2.75, 3.05) is 41.7 Å². The van der Waals surface area contributed by atoms with Gasteiger partial charge in [0.1, 0.15) is 0 Å². The lowest BCUT2D eigenvalue weighted by Crippen LogP contribution is -2.50. The summed E-state index contributed by atoms with van der Waals surface area (Å²) in [5, 5.41) is 0. The molecule has 0 aromatic carbocycles. The van der Waals surface area contributed by atoms with Gasteiger partial charge in [-0.25, -0.2) is 0 Å². The van der Waals surface area contributed by atoms with E-state index in [9.17, 15) is 0 Å². The average molecular weight is 278 g/mol. The van der Waals surface area contributed by atoms with Crippen molar-refractivity contribution in [2.45, 2.75) is 31.9 Å². The first-order valence-electron chi connectivity index (χ1n) is 6.32. The molecule has 1 unspecified atom stereocenters. The van der Waals surface area contributed by atoms with Gasteiger partial charge in [-0.15, -0.1) is 0 Å². The number of ether oxygens (including phenoxy) is 2. The van der Waals surface area contributed by atoms with Gasteiger partial charge in [0, 0.05) is 39.9 Å². The minimum Gasteiger partial charge on any atom is -0.381 e. The summed E-state index contributed by atoms with van der Waals surface area (Å²) in [6, 6.07) is 0.813. The van der Waals surface area contributed by atoms with Crippen molar-refractivity contribution in [3.8, 4) is 0 Å². The summed E-state index contributed by atoms with van der Waals surface area (Å²) in [5.74, 6) is 0. The largest absolute Gasteiger partial charge is 0.500 e. The van der Waals surface area contributed by atoms with Crippen LogP contribution in [0.2, 0.25) is 6.04 Å². The highest BCUT2D eigenvalue weighted by atomic mass is 28.4. The van der Waals surface area contributed by atoms with Crippen molar-refractivity contribution in [3.05, 3.63) is 0 Å². The maximum Gasteiger partial charge on any atom is 0.500 e. The molecular weight excluding hydrogens is 252 g/mol. The van der Waals surface area contributed by atoms with E-state index in [1.165, 1.54) is 0 Å². The van der Waals surface area contributed by atoms with Gasteiger partial charge in [0.15, 0.2) is 0 Å². The first-order valence-corrected chi connectivity index (χ1v) is 8.25. The molecule has 0 N–H and O–H groups in total. The van der Waals surface area contributed by atoms with Crippen LogP contribution in [0.1, 0.15) is 19.8 Å². The third-order valence-electron chi connectivity index (χ3n) is 3.81. The molecule has 0 aromatic rings. The highest BCUT2D eigenvalue weighted by Crippen LogP contribution is 2.35. The quantitative estimate of drug-likeness (QED) is 0.601. The monoisotopic (exact) mass is 278 g/mol. The number of hydrogen-bond donors (Lipinski definition) is 0. The summed E-state index contributed by atoms with van der Waals surface area (Å²) >= 11 is 0. The summed E-state index contributed by atoms with van der Waals surface area (Å²) in [6.45, 7) is 3.78. The second kappa shape index (κ2) is 6.98. The fraction of sp³-hybridized carbons (Fsp3) is 1.00. The van der Waals surface area contributed by atoms with E-state index in [-0.39, 0.29) is 11.5 Å². The molecule has 0 aliphatic carbocycles. The fourth-order valence-corrected chi connectivity index (χ4v) is 4.17. The second-order valence-corrected chi connectivity index (χ2v) is 8.15. The Kier molecular flexibility index (Phi) is 6.23. The number of hydrogen-bond acceptors (Lipinski definition) is 5. The van der Waals surface area contributed by atoms with Crippen molar-refractivity contribution in [2.24, 2.45) is 5.41 Å². The summed E-state index contributed by atoms with van der Waals surface area (Å²) in [5.41, 5.74) is 0.159. The third-order valence-corrected chi connectivity index (χ3v) is 6.64. The molecule has 0 spiro atoms. The molecule has 1 rings (SSSR count). The Bertz CT molecular complexity index is 232. The lowest BCUT2D eigenvalue weighted by atomic mass is 9.80. The number of rotatable bonds is 9. The molecule has 0 saturated carbocycles. The Labute approximate surface area is 111 Å². The molecule has 0 bridgehead atoms. The van der Waals surface area contributed by atoms with Crippen LogP contribution >= 0.6 is 0 Å². The maximum absolute atomic E-state index is 5.59. The zero-order valence-electron chi connectivity index (χ0n) is 12.2. The van der Waals surface area contributed by atoms with Gasteiger partial charge in [-0.3, -0.25) is 0 Å². The predicted octanol–water partition coefficient (Wildman–Crippen LogP) is 1.70. The first-order chi connectivity index (χ1) is 8.55. The van der Waals surface area contributed by atoms with Gasteiger partial charge < -0.3 is 22.8 Å². The molecule has 1 aliphatic rings. The van der Waals surface area contributed by atoms with Gasteiger partial charge in [0.2, 0.25) is 0 Å². The van der Waals surface area contributed by atoms with Gasteiger partial charge in [-0.2, -0.15) is 0 Å². The molecule has 108 valence electrons. The van der Waals surface area contributed by atoms with Gasteiger partial charge in [0.25, 0.3) is 0 Å². The van der Waals surface area contributed by atoms with E-state index < -0.39 is 8.80 Å². The summed E-state index contributed by atoms with van der Waals surface area (Å²) in [7, 11) is 4.27. The molecule has 1 atom stereocenters. The van der Waals surface area contributed by atoms with Crippen LogP contribution in [0.5, 0.6) is 0 Å². The summed E-state index contributed by atoms with van der Waals surface area (Å²) in [4.78, 5) is 0. The highest BCUT2D eigenvalue weighted by molar-refractivity contribution is 6.60. The van der Waals surface area contributed by atoms with Crippen LogP contribution in [-0.2, 0) is 22.8 Å². The first kappa shape index (κ1) is 16.1. The molecule has 5 nitrogen and oxygen atoms in total. The van der Waals surface area contributed by atoms with Crippen LogP contribution in [0, 0.1) is 5.41 Å². The van der Waals surface area contributed by atoms with Crippen molar-refractivity contribution in [3.63, 3.8) is 0 Å². The van der Waals surface area contributed by atoms with E-state index in [1.54, 1.807) is 28.4 Å².